The smallest absolute Gasteiger partial charge is 0.0541 e. The zero-order valence-corrected chi connectivity index (χ0v) is 22.7. The Morgan fingerprint density at radius 3 is 1.43 bits per heavy atom. The first-order chi connectivity index (χ1) is 19.6. The van der Waals surface area contributed by atoms with Crippen LogP contribution in [0, 0.1) is 0 Å². The number of nitrogens with zero attached hydrogens (tertiary/aromatic N) is 1. The van der Waals surface area contributed by atoms with Gasteiger partial charge >= 0.3 is 0 Å². The SMILES string of the molecule is CC1(C)c2cc(-c3ccccc3)ccc2-c2ccc(-c3ccc(-n4c5ccccc5c5ccccc54)cc3)cc21. The highest BCUT2D eigenvalue weighted by Crippen LogP contribution is 2.50. The van der Waals surface area contributed by atoms with Crippen LogP contribution in [-0.2, 0) is 5.41 Å². The molecule has 0 saturated heterocycles. The molecule has 6 aromatic carbocycles. The van der Waals surface area contributed by atoms with Crippen molar-refractivity contribution < 1.29 is 0 Å². The molecule has 7 aromatic rings. The monoisotopic (exact) mass is 511 g/mol. The average Bonchev–Trinajstić information content (AvgIpc) is 3.46. The fraction of sp³-hybridized carbons (Fsp3) is 0.0769. The van der Waals surface area contributed by atoms with Crippen LogP contribution >= 0.6 is 0 Å². The van der Waals surface area contributed by atoms with Crippen LogP contribution in [0.2, 0.25) is 0 Å². The zero-order chi connectivity index (χ0) is 26.8. The van der Waals surface area contributed by atoms with Crippen molar-refractivity contribution in [3.05, 3.63) is 151 Å². The maximum absolute atomic E-state index is 2.41. The Balaban J connectivity index is 1.19. The van der Waals surface area contributed by atoms with E-state index in [0.29, 0.717) is 0 Å². The van der Waals surface area contributed by atoms with Gasteiger partial charge in [-0.15, -0.1) is 0 Å². The molecular weight excluding hydrogens is 482 g/mol. The second-order valence-corrected chi connectivity index (χ2v) is 11.4. The van der Waals surface area contributed by atoms with Gasteiger partial charge < -0.3 is 4.57 Å². The number of hydrogen-bond acceptors (Lipinski definition) is 0. The van der Waals surface area contributed by atoms with E-state index in [0.717, 1.165) is 0 Å². The Kier molecular flexibility index (Phi) is 4.93. The molecule has 0 N–H and O–H groups in total. The third-order valence-electron chi connectivity index (χ3n) is 8.82. The van der Waals surface area contributed by atoms with Gasteiger partial charge in [-0.05, 0) is 80.9 Å². The summed E-state index contributed by atoms with van der Waals surface area (Å²) in [5.74, 6) is 0. The summed E-state index contributed by atoms with van der Waals surface area (Å²) in [6.45, 7) is 4.73. The van der Waals surface area contributed by atoms with E-state index in [4.69, 9.17) is 0 Å². The molecule has 0 saturated carbocycles. The summed E-state index contributed by atoms with van der Waals surface area (Å²) in [5.41, 5.74) is 14.2. The Bertz CT molecular complexity index is 2000. The van der Waals surface area contributed by atoms with Gasteiger partial charge in [-0.2, -0.15) is 0 Å². The molecule has 0 aliphatic heterocycles. The number of para-hydroxylation sites is 2. The van der Waals surface area contributed by atoms with Gasteiger partial charge in [-0.25, -0.2) is 0 Å². The van der Waals surface area contributed by atoms with E-state index in [2.05, 4.69) is 158 Å². The first kappa shape index (κ1) is 23.0. The molecular formula is C39H29N. The Morgan fingerprint density at radius 1 is 0.425 bits per heavy atom. The van der Waals surface area contributed by atoms with E-state index >= 15 is 0 Å². The number of aromatic nitrogens is 1. The molecule has 190 valence electrons. The van der Waals surface area contributed by atoms with Crippen molar-refractivity contribution in [1.82, 2.24) is 4.57 Å². The van der Waals surface area contributed by atoms with Crippen molar-refractivity contribution in [3.8, 4) is 39.1 Å². The fourth-order valence-electron chi connectivity index (χ4n) is 6.73. The summed E-state index contributed by atoms with van der Waals surface area (Å²) in [4.78, 5) is 0. The molecule has 8 rings (SSSR count). The molecule has 40 heavy (non-hydrogen) atoms. The minimum atomic E-state index is -0.0611. The fourth-order valence-corrected chi connectivity index (χ4v) is 6.73. The Hall–Kier alpha value is -4.88. The van der Waals surface area contributed by atoms with Crippen LogP contribution in [0.1, 0.15) is 25.0 Å². The summed E-state index contributed by atoms with van der Waals surface area (Å²) < 4.78 is 2.38. The first-order valence-electron chi connectivity index (χ1n) is 14.0. The number of fused-ring (bicyclic) bond motifs is 6. The minimum Gasteiger partial charge on any atom is -0.309 e. The second kappa shape index (κ2) is 8.56. The molecule has 0 radical (unpaired) electrons. The second-order valence-electron chi connectivity index (χ2n) is 11.4. The molecule has 0 amide bonds. The highest BCUT2D eigenvalue weighted by atomic mass is 15.0. The molecule has 1 nitrogen and oxygen atoms in total. The maximum atomic E-state index is 2.41. The molecule has 0 fully saturated rings. The predicted molar refractivity (Wildman–Crippen MR) is 169 cm³/mol. The first-order valence-corrected chi connectivity index (χ1v) is 14.0. The van der Waals surface area contributed by atoms with Crippen molar-refractivity contribution in [2.24, 2.45) is 0 Å². The largest absolute Gasteiger partial charge is 0.309 e. The Labute approximate surface area is 235 Å². The van der Waals surface area contributed by atoms with E-state index in [1.165, 1.54) is 72.0 Å². The lowest BCUT2D eigenvalue weighted by Crippen LogP contribution is -2.15. The van der Waals surface area contributed by atoms with E-state index in [-0.39, 0.29) is 5.41 Å². The standard InChI is InChI=1S/C39H29N/c1-39(2)35-24-28(26-10-4-3-5-11-26)18-22-31(35)32-23-19-29(25-36(32)39)27-16-20-30(21-17-27)40-37-14-8-6-12-33(37)34-13-7-9-15-38(34)40/h3-25H,1-2H3. The Morgan fingerprint density at radius 2 is 0.875 bits per heavy atom. The van der Waals surface area contributed by atoms with Gasteiger partial charge in [0.05, 0.1) is 11.0 Å². The molecule has 1 heteroatoms. The third kappa shape index (κ3) is 3.34. The third-order valence-corrected chi connectivity index (χ3v) is 8.82. The topological polar surface area (TPSA) is 4.93 Å². The van der Waals surface area contributed by atoms with Crippen LogP contribution in [0.15, 0.2) is 140 Å². The average molecular weight is 512 g/mol. The molecule has 1 aromatic heterocycles. The summed E-state index contributed by atoms with van der Waals surface area (Å²) in [6.07, 6.45) is 0. The van der Waals surface area contributed by atoms with E-state index in [9.17, 15) is 0 Å². The van der Waals surface area contributed by atoms with Crippen molar-refractivity contribution in [2.75, 3.05) is 0 Å². The number of rotatable bonds is 3. The van der Waals surface area contributed by atoms with Crippen LogP contribution in [0.3, 0.4) is 0 Å². The van der Waals surface area contributed by atoms with Crippen LogP contribution in [0.25, 0.3) is 60.9 Å². The van der Waals surface area contributed by atoms with Crippen LogP contribution in [0.5, 0.6) is 0 Å². The molecule has 0 unspecified atom stereocenters. The molecule has 1 aliphatic carbocycles. The van der Waals surface area contributed by atoms with Crippen molar-refractivity contribution in [3.63, 3.8) is 0 Å². The molecule has 0 atom stereocenters. The summed E-state index contributed by atoms with van der Waals surface area (Å²) in [6, 6.07) is 51.1. The minimum absolute atomic E-state index is 0.0611. The van der Waals surface area contributed by atoms with Crippen molar-refractivity contribution in [2.45, 2.75) is 19.3 Å². The highest BCUT2D eigenvalue weighted by Gasteiger charge is 2.35. The van der Waals surface area contributed by atoms with Crippen molar-refractivity contribution >= 4 is 21.8 Å². The highest BCUT2D eigenvalue weighted by molar-refractivity contribution is 6.09. The van der Waals surface area contributed by atoms with Gasteiger partial charge in [0, 0.05) is 21.9 Å². The summed E-state index contributed by atoms with van der Waals surface area (Å²) in [7, 11) is 0. The molecule has 1 heterocycles. The zero-order valence-electron chi connectivity index (χ0n) is 22.7. The van der Waals surface area contributed by atoms with Crippen molar-refractivity contribution in [1.29, 1.82) is 0 Å². The lowest BCUT2D eigenvalue weighted by Gasteiger charge is -2.22. The number of hydrogen-bond donors (Lipinski definition) is 0. The van der Waals surface area contributed by atoms with Gasteiger partial charge in [-0.1, -0.05) is 117 Å². The molecule has 0 bridgehead atoms. The predicted octanol–water partition coefficient (Wildman–Crippen LogP) is 10.4. The normalized spacial score (nSPS) is 13.4. The molecule has 1 aliphatic rings. The number of benzene rings is 6. The van der Waals surface area contributed by atoms with E-state index in [1.807, 2.05) is 0 Å². The van der Waals surface area contributed by atoms with E-state index in [1.54, 1.807) is 0 Å². The van der Waals surface area contributed by atoms with Crippen LogP contribution in [-0.4, -0.2) is 4.57 Å². The summed E-state index contributed by atoms with van der Waals surface area (Å²) >= 11 is 0. The lowest BCUT2D eigenvalue weighted by molar-refractivity contribution is 0.661. The van der Waals surface area contributed by atoms with Crippen LogP contribution in [0.4, 0.5) is 0 Å². The van der Waals surface area contributed by atoms with Gasteiger partial charge in [0.15, 0.2) is 0 Å². The van der Waals surface area contributed by atoms with Gasteiger partial charge in [-0.3, -0.25) is 0 Å². The lowest BCUT2D eigenvalue weighted by atomic mass is 9.81. The maximum Gasteiger partial charge on any atom is 0.0541 e. The van der Waals surface area contributed by atoms with Crippen LogP contribution < -0.4 is 0 Å². The van der Waals surface area contributed by atoms with Gasteiger partial charge in [0.25, 0.3) is 0 Å². The molecule has 0 spiro atoms. The van der Waals surface area contributed by atoms with Gasteiger partial charge in [0.1, 0.15) is 0 Å². The van der Waals surface area contributed by atoms with Gasteiger partial charge in [0.2, 0.25) is 0 Å². The quantitative estimate of drug-likeness (QED) is 0.222. The summed E-state index contributed by atoms with van der Waals surface area (Å²) in [5, 5.41) is 2.58. The van der Waals surface area contributed by atoms with E-state index < -0.39 is 0 Å².